The molecule has 1 aliphatic rings. The quantitative estimate of drug-likeness (QED) is 0.723. The molecule has 71 valence electrons. The van der Waals surface area contributed by atoms with E-state index >= 15 is 0 Å². The SMILES string of the molecule is CCc1nsc(N2CC[CH]CC2)n1. The molecule has 2 rings (SSSR count). The minimum atomic E-state index is 0.941. The van der Waals surface area contributed by atoms with Crippen molar-refractivity contribution < 1.29 is 0 Å². The van der Waals surface area contributed by atoms with Gasteiger partial charge >= 0.3 is 0 Å². The fourth-order valence-electron chi connectivity index (χ4n) is 1.46. The monoisotopic (exact) mass is 196 g/mol. The Morgan fingerprint density at radius 2 is 2.23 bits per heavy atom. The summed E-state index contributed by atoms with van der Waals surface area (Å²) >= 11 is 1.53. The fraction of sp³-hybridized carbons (Fsp3) is 0.667. The zero-order valence-electron chi connectivity index (χ0n) is 7.86. The zero-order chi connectivity index (χ0) is 9.10. The third kappa shape index (κ3) is 1.99. The molecular formula is C9H14N3S. The van der Waals surface area contributed by atoms with Crippen LogP contribution in [0.3, 0.4) is 0 Å². The lowest BCUT2D eigenvalue weighted by molar-refractivity contribution is 0.676. The van der Waals surface area contributed by atoms with Crippen molar-refractivity contribution in [3.05, 3.63) is 12.2 Å². The first-order chi connectivity index (χ1) is 6.40. The van der Waals surface area contributed by atoms with E-state index in [1.807, 2.05) is 0 Å². The molecule has 0 bridgehead atoms. The van der Waals surface area contributed by atoms with Gasteiger partial charge in [0, 0.05) is 31.0 Å². The Labute approximate surface area is 83.0 Å². The minimum absolute atomic E-state index is 0.941. The highest BCUT2D eigenvalue weighted by atomic mass is 32.1. The number of hydrogen-bond donors (Lipinski definition) is 0. The zero-order valence-corrected chi connectivity index (χ0v) is 8.68. The van der Waals surface area contributed by atoms with Crippen molar-refractivity contribution in [2.45, 2.75) is 26.2 Å². The van der Waals surface area contributed by atoms with Crippen molar-refractivity contribution in [2.24, 2.45) is 0 Å². The maximum Gasteiger partial charge on any atom is 0.205 e. The summed E-state index contributed by atoms with van der Waals surface area (Å²) in [6, 6.07) is 0. The van der Waals surface area contributed by atoms with Gasteiger partial charge in [0.2, 0.25) is 5.13 Å². The maximum atomic E-state index is 4.47. The number of nitrogens with zero attached hydrogens (tertiary/aromatic N) is 3. The summed E-state index contributed by atoms with van der Waals surface area (Å²) in [6.07, 6.45) is 5.65. The molecule has 1 aliphatic heterocycles. The summed E-state index contributed by atoms with van der Waals surface area (Å²) < 4.78 is 4.29. The van der Waals surface area contributed by atoms with Crippen molar-refractivity contribution in [3.8, 4) is 0 Å². The number of hydrogen-bond acceptors (Lipinski definition) is 4. The summed E-state index contributed by atoms with van der Waals surface area (Å²) in [6.45, 7) is 4.31. The van der Waals surface area contributed by atoms with Gasteiger partial charge < -0.3 is 4.90 Å². The van der Waals surface area contributed by atoms with Crippen molar-refractivity contribution in [1.29, 1.82) is 0 Å². The van der Waals surface area contributed by atoms with Crippen LogP contribution in [0.5, 0.6) is 0 Å². The lowest BCUT2D eigenvalue weighted by Gasteiger charge is -2.25. The van der Waals surface area contributed by atoms with Crippen LogP contribution in [-0.4, -0.2) is 22.4 Å². The lowest BCUT2D eigenvalue weighted by Crippen LogP contribution is -2.29. The fourth-order valence-corrected chi connectivity index (χ4v) is 2.26. The predicted octanol–water partition coefficient (Wildman–Crippen LogP) is 1.90. The van der Waals surface area contributed by atoms with Crippen molar-refractivity contribution in [3.63, 3.8) is 0 Å². The highest BCUT2D eigenvalue weighted by Crippen LogP contribution is 2.21. The van der Waals surface area contributed by atoms with Crippen LogP contribution >= 0.6 is 11.5 Å². The largest absolute Gasteiger partial charge is 0.347 e. The van der Waals surface area contributed by atoms with E-state index in [1.165, 1.54) is 24.4 Å². The molecule has 1 aromatic rings. The number of anilines is 1. The van der Waals surface area contributed by atoms with Gasteiger partial charge in [-0.05, 0) is 19.3 Å². The molecule has 0 N–H and O–H groups in total. The maximum absolute atomic E-state index is 4.47. The molecule has 0 aromatic carbocycles. The number of aryl methyl sites for hydroxylation is 1. The third-order valence-electron chi connectivity index (χ3n) is 2.25. The highest BCUT2D eigenvalue weighted by Gasteiger charge is 2.14. The Morgan fingerprint density at radius 3 is 2.85 bits per heavy atom. The Bertz CT molecular complexity index is 266. The van der Waals surface area contributed by atoms with Gasteiger partial charge in [-0.25, -0.2) is 4.98 Å². The van der Waals surface area contributed by atoms with Crippen LogP contribution in [0.15, 0.2) is 0 Å². The second-order valence-corrected chi connectivity index (χ2v) is 3.93. The molecule has 1 radical (unpaired) electrons. The van der Waals surface area contributed by atoms with E-state index in [9.17, 15) is 0 Å². The van der Waals surface area contributed by atoms with Crippen molar-refractivity contribution >= 4 is 16.7 Å². The smallest absolute Gasteiger partial charge is 0.205 e. The molecule has 1 fully saturated rings. The van der Waals surface area contributed by atoms with Gasteiger partial charge in [0.25, 0.3) is 0 Å². The molecule has 3 nitrogen and oxygen atoms in total. The first-order valence-corrected chi connectivity index (χ1v) is 5.56. The molecule has 4 heteroatoms. The molecule has 0 amide bonds. The van der Waals surface area contributed by atoms with Crippen LogP contribution in [0.2, 0.25) is 0 Å². The Hall–Kier alpha value is -0.640. The van der Waals surface area contributed by atoms with Crippen molar-refractivity contribution in [1.82, 2.24) is 9.36 Å². The van der Waals surface area contributed by atoms with Gasteiger partial charge in [-0.1, -0.05) is 6.92 Å². The topological polar surface area (TPSA) is 29.0 Å². The average Bonchev–Trinajstić information content (AvgIpc) is 2.67. The number of rotatable bonds is 2. The minimum Gasteiger partial charge on any atom is -0.347 e. The second kappa shape index (κ2) is 4.05. The van der Waals surface area contributed by atoms with Crippen LogP contribution in [0.1, 0.15) is 25.6 Å². The molecule has 1 saturated heterocycles. The molecular weight excluding hydrogens is 182 g/mol. The summed E-state index contributed by atoms with van der Waals surface area (Å²) in [5, 5.41) is 1.10. The third-order valence-corrected chi connectivity index (χ3v) is 3.07. The Morgan fingerprint density at radius 1 is 1.46 bits per heavy atom. The average molecular weight is 196 g/mol. The lowest BCUT2D eigenvalue weighted by atomic mass is 10.1. The number of aromatic nitrogens is 2. The molecule has 0 saturated carbocycles. The van der Waals surface area contributed by atoms with Gasteiger partial charge in [0.1, 0.15) is 5.82 Å². The van der Waals surface area contributed by atoms with E-state index in [4.69, 9.17) is 0 Å². The highest BCUT2D eigenvalue weighted by molar-refractivity contribution is 7.09. The summed E-state index contributed by atoms with van der Waals surface area (Å²) in [7, 11) is 0. The van der Waals surface area contributed by atoms with Crippen LogP contribution < -0.4 is 4.90 Å². The molecule has 2 heterocycles. The predicted molar refractivity (Wildman–Crippen MR) is 55.0 cm³/mol. The van der Waals surface area contributed by atoms with E-state index in [-0.39, 0.29) is 0 Å². The van der Waals surface area contributed by atoms with Gasteiger partial charge in [0.15, 0.2) is 0 Å². The van der Waals surface area contributed by atoms with E-state index in [1.54, 1.807) is 0 Å². The van der Waals surface area contributed by atoms with Crippen LogP contribution in [-0.2, 0) is 6.42 Å². The molecule has 1 aromatic heterocycles. The van der Waals surface area contributed by atoms with Gasteiger partial charge in [-0.2, -0.15) is 4.37 Å². The standard InChI is InChI=1S/C9H14N3S/c1-2-8-10-9(13-11-8)12-6-4-3-5-7-12/h3H,2,4-7H2,1H3. The van der Waals surface area contributed by atoms with E-state index in [0.29, 0.717) is 0 Å². The van der Waals surface area contributed by atoms with Crippen LogP contribution in [0, 0.1) is 6.42 Å². The molecule has 0 aliphatic carbocycles. The van der Waals surface area contributed by atoms with Crippen molar-refractivity contribution in [2.75, 3.05) is 18.0 Å². The Kier molecular flexibility index (Phi) is 2.78. The van der Waals surface area contributed by atoms with E-state index < -0.39 is 0 Å². The normalized spacial score (nSPS) is 17.8. The van der Waals surface area contributed by atoms with Crippen LogP contribution in [0.4, 0.5) is 5.13 Å². The molecule has 0 unspecified atom stereocenters. The van der Waals surface area contributed by atoms with Gasteiger partial charge in [-0.15, -0.1) is 0 Å². The Balaban J connectivity index is 2.05. The second-order valence-electron chi connectivity index (χ2n) is 3.20. The molecule has 13 heavy (non-hydrogen) atoms. The van der Waals surface area contributed by atoms with Gasteiger partial charge in [0.05, 0.1) is 0 Å². The first kappa shape index (κ1) is 8.94. The summed E-state index contributed by atoms with van der Waals surface area (Å²) in [5.74, 6) is 0.981. The van der Waals surface area contributed by atoms with Gasteiger partial charge in [-0.3, -0.25) is 0 Å². The van der Waals surface area contributed by atoms with Crippen LogP contribution in [0.25, 0.3) is 0 Å². The van der Waals surface area contributed by atoms with E-state index in [2.05, 4.69) is 27.6 Å². The number of piperidine rings is 1. The first-order valence-electron chi connectivity index (χ1n) is 4.79. The summed E-state index contributed by atoms with van der Waals surface area (Å²) in [4.78, 5) is 6.80. The summed E-state index contributed by atoms with van der Waals surface area (Å²) in [5.41, 5.74) is 0. The molecule has 0 spiro atoms. The van der Waals surface area contributed by atoms with E-state index in [0.717, 1.165) is 30.5 Å². The molecule has 0 atom stereocenters.